The van der Waals surface area contributed by atoms with Gasteiger partial charge in [-0.25, -0.2) is 0 Å². The van der Waals surface area contributed by atoms with E-state index in [1.54, 1.807) is 11.3 Å². The smallest absolute Gasteiger partial charge is 0.207 e. The lowest BCUT2D eigenvalue weighted by Crippen LogP contribution is -2.26. The molecule has 0 spiro atoms. The van der Waals surface area contributed by atoms with E-state index in [2.05, 4.69) is 68.3 Å². The van der Waals surface area contributed by atoms with E-state index in [1.165, 1.54) is 5.56 Å². The molecule has 0 fully saturated rings. The van der Waals surface area contributed by atoms with E-state index in [0.29, 0.717) is 12.6 Å². The van der Waals surface area contributed by atoms with E-state index in [9.17, 15) is 0 Å². The topological polar surface area (TPSA) is 78.5 Å². The second-order valence-electron chi connectivity index (χ2n) is 6.61. The van der Waals surface area contributed by atoms with Gasteiger partial charge in [0.25, 0.3) is 0 Å². The first-order valence-electron chi connectivity index (χ1n) is 8.99. The summed E-state index contributed by atoms with van der Waals surface area (Å²) in [6.07, 6.45) is 0. The number of anilines is 1. The average molecular weight is 379 g/mol. The van der Waals surface area contributed by atoms with Crippen molar-refractivity contribution in [2.75, 3.05) is 18.5 Å². The Balaban J connectivity index is 1.33. The van der Waals surface area contributed by atoms with Crippen molar-refractivity contribution < 1.29 is 0 Å². The van der Waals surface area contributed by atoms with Crippen molar-refractivity contribution in [1.82, 2.24) is 25.7 Å². The number of benzene rings is 2. The molecular weight excluding hydrogens is 356 g/mol. The van der Waals surface area contributed by atoms with Crippen LogP contribution in [-0.2, 0) is 0 Å². The Morgan fingerprint density at radius 2 is 1.96 bits per heavy atom. The molecule has 2 heterocycles. The zero-order chi connectivity index (χ0) is 18.6. The first-order valence-corrected chi connectivity index (χ1v) is 9.80. The van der Waals surface area contributed by atoms with Crippen LogP contribution < -0.4 is 10.6 Å². The van der Waals surface area contributed by atoms with Crippen LogP contribution >= 0.6 is 11.3 Å². The van der Waals surface area contributed by atoms with Gasteiger partial charge in [0.05, 0.1) is 12.2 Å². The minimum Gasteiger partial charge on any atom is -0.348 e. The summed E-state index contributed by atoms with van der Waals surface area (Å²) in [6.45, 7) is 5.80. The van der Waals surface area contributed by atoms with Crippen LogP contribution in [0.1, 0.15) is 24.1 Å². The Morgan fingerprint density at radius 1 is 1.11 bits per heavy atom. The van der Waals surface area contributed by atoms with Gasteiger partial charge in [-0.05, 0) is 36.6 Å². The molecule has 0 bridgehead atoms. The van der Waals surface area contributed by atoms with Gasteiger partial charge < -0.3 is 5.32 Å². The van der Waals surface area contributed by atoms with E-state index < -0.39 is 0 Å². The lowest BCUT2D eigenvalue weighted by Gasteiger charge is -2.13. The Labute approximate surface area is 162 Å². The number of aromatic amines is 1. The third kappa shape index (κ3) is 3.99. The van der Waals surface area contributed by atoms with Crippen molar-refractivity contribution in [3.63, 3.8) is 0 Å². The van der Waals surface area contributed by atoms with Crippen molar-refractivity contribution in [3.05, 3.63) is 59.8 Å². The Hall–Kier alpha value is -2.77. The molecule has 4 rings (SSSR count). The lowest BCUT2D eigenvalue weighted by atomic mass is 10.0. The molecule has 0 saturated heterocycles. The van der Waals surface area contributed by atoms with Gasteiger partial charge in [0.15, 0.2) is 0 Å². The summed E-state index contributed by atoms with van der Waals surface area (Å²) in [4.78, 5) is 0. The number of fused-ring (bicyclic) bond motifs is 1. The molecule has 3 N–H and O–H groups in total. The third-order valence-corrected chi connectivity index (χ3v) is 5.53. The van der Waals surface area contributed by atoms with Crippen molar-refractivity contribution in [2.45, 2.75) is 19.8 Å². The Kier molecular flexibility index (Phi) is 5.13. The first kappa shape index (κ1) is 17.6. The Bertz CT molecular complexity index is 1020. The van der Waals surface area contributed by atoms with Crippen molar-refractivity contribution in [1.29, 1.82) is 0 Å². The summed E-state index contributed by atoms with van der Waals surface area (Å²) >= 11 is 1.55. The molecule has 6 nitrogen and oxygen atoms in total. The molecule has 0 aliphatic rings. The lowest BCUT2D eigenvalue weighted by molar-refractivity contribution is 0.639. The highest BCUT2D eigenvalue weighted by molar-refractivity contribution is 7.18. The number of H-pyrrole nitrogens is 1. The fraction of sp³-hybridized carbons (Fsp3) is 0.250. The number of rotatable bonds is 7. The fourth-order valence-electron chi connectivity index (χ4n) is 3.01. The Morgan fingerprint density at radius 3 is 2.81 bits per heavy atom. The van der Waals surface area contributed by atoms with Crippen molar-refractivity contribution in [2.24, 2.45) is 0 Å². The first-order chi connectivity index (χ1) is 13.2. The van der Waals surface area contributed by atoms with Gasteiger partial charge >= 0.3 is 0 Å². The molecule has 0 radical (unpaired) electrons. The summed E-state index contributed by atoms with van der Waals surface area (Å²) in [5.74, 6) is 0.461. The van der Waals surface area contributed by atoms with E-state index in [1.807, 2.05) is 25.1 Å². The van der Waals surface area contributed by atoms with Gasteiger partial charge in [0, 0.05) is 23.2 Å². The molecule has 2 aromatic heterocycles. The standard InChI is InChI=1S/C20H22N6S/c1-13(15-6-4-3-5-7-15)11-21-12-22-20-26-25-19(27-20)16-8-9-18-17(10-16)14(2)23-24-18/h3-10,13,21H,11-12H2,1-2H3,(H,22,26)(H,23,24)/t13-/m1/s1. The molecule has 0 saturated carbocycles. The van der Waals surface area contributed by atoms with Gasteiger partial charge in [0.1, 0.15) is 5.01 Å². The van der Waals surface area contributed by atoms with Crippen LogP contribution in [0.2, 0.25) is 0 Å². The van der Waals surface area contributed by atoms with E-state index in [0.717, 1.165) is 38.8 Å². The highest BCUT2D eigenvalue weighted by atomic mass is 32.1. The summed E-state index contributed by atoms with van der Waals surface area (Å²) in [7, 11) is 0. The average Bonchev–Trinajstić information content (AvgIpc) is 3.32. The SMILES string of the molecule is Cc1[nH]nc2ccc(-c3nnc(NCNC[C@@H](C)c4ccccc4)s3)cc12. The molecule has 0 aliphatic carbocycles. The van der Waals surface area contributed by atoms with Crippen LogP contribution in [0.3, 0.4) is 0 Å². The second kappa shape index (κ2) is 7.85. The number of aromatic nitrogens is 4. The number of nitrogens with zero attached hydrogens (tertiary/aromatic N) is 3. The summed E-state index contributed by atoms with van der Waals surface area (Å²) < 4.78 is 0. The molecule has 27 heavy (non-hydrogen) atoms. The van der Waals surface area contributed by atoms with E-state index >= 15 is 0 Å². The minimum absolute atomic E-state index is 0.461. The van der Waals surface area contributed by atoms with Crippen molar-refractivity contribution in [3.8, 4) is 10.6 Å². The molecule has 7 heteroatoms. The second-order valence-corrected chi connectivity index (χ2v) is 7.59. The van der Waals surface area contributed by atoms with Gasteiger partial charge in [-0.15, -0.1) is 10.2 Å². The predicted octanol–water partition coefficient (Wildman–Crippen LogP) is 4.15. The molecule has 138 valence electrons. The van der Waals surface area contributed by atoms with Crippen LogP contribution in [0.15, 0.2) is 48.5 Å². The fourth-order valence-corrected chi connectivity index (χ4v) is 3.74. The van der Waals surface area contributed by atoms with Crippen LogP contribution in [0.4, 0.5) is 5.13 Å². The van der Waals surface area contributed by atoms with Gasteiger partial charge in [-0.3, -0.25) is 10.4 Å². The number of nitrogens with one attached hydrogen (secondary N) is 3. The summed E-state index contributed by atoms with van der Waals surface area (Å²) in [6, 6.07) is 16.7. The van der Waals surface area contributed by atoms with Gasteiger partial charge in [-0.2, -0.15) is 5.10 Å². The summed E-state index contributed by atoms with van der Waals surface area (Å²) in [5, 5.41) is 25.4. The monoisotopic (exact) mass is 378 g/mol. The third-order valence-electron chi connectivity index (χ3n) is 4.60. The van der Waals surface area contributed by atoms with Crippen LogP contribution in [0.25, 0.3) is 21.5 Å². The normalized spacial score (nSPS) is 12.4. The molecule has 0 unspecified atom stereocenters. The maximum Gasteiger partial charge on any atom is 0.207 e. The molecule has 0 amide bonds. The van der Waals surface area contributed by atoms with Crippen LogP contribution in [0.5, 0.6) is 0 Å². The molecule has 4 aromatic rings. The maximum absolute atomic E-state index is 4.32. The van der Waals surface area contributed by atoms with Crippen LogP contribution in [0, 0.1) is 6.92 Å². The molecular formula is C20H22N6S. The largest absolute Gasteiger partial charge is 0.348 e. The number of aryl methyl sites for hydroxylation is 1. The highest BCUT2D eigenvalue weighted by Crippen LogP contribution is 2.29. The number of hydrogen-bond donors (Lipinski definition) is 3. The summed E-state index contributed by atoms with van der Waals surface area (Å²) in [5.41, 5.74) is 4.43. The van der Waals surface area contributed by atoms with Gasteiger partial charge in [-0.1, -0.05) is 48.6 Å². The quantitative estimate of drug-likeness (QED) is 0.333. The highest BCUT2D eigenvalue weighted by Gasteiger charge is 2.09. The predicted molar refractivity (Wildman–Crippen MR) is 111 cm³/mol. The van der Waals surface area contributed by atoms with E-state index in [-0.39, 0.29) is 0 Å². The van der Waals surface area contributed by atoms with Crippen molar-refractivity contribution >= 4 is 27.4 Å². The molecule has 1 atom stereocenters. The maximum atomic E-state index is 4.32. The zero-order valence-electron chi connectivity index (χ0n) is 15.4. The van der Waals surface area contributed by atoms with Gasteiger partial charge in [0.2, 0.25) is 5.13 Å². The number of hydrogen-bond acceptors (Lipinski definition) is 6. The molecule has 2 aromatic carbocycles. The van der Waals surface area contributed by atoms with E-state index in [4.69, 9.17) is 0 Å². The molecule has 0 aliphatic heterocycles. The van der Waals surface area contributed by atoms with Crippen LogP contribution in [-0.4, -0.2) is 33.6 Å². The zero-order valence-corrected chi connectivity index (χ0v) is 16.2. The minimum atomic E-state index is 0.461.